The molecule has 0 bridgehead atoms. The Morgan fingerprint density at radius 1 is 1.05 bits per heavy atom. The Balaban J connectivity index is 2.42. The van der Waals surface area contributed by atoms with E-state index >= 15 is 0 Å². The van der Waals surface area contributed by atoms with Crippen LogP contribution in [0.4, 0.5) is 22.9 Å². The van der Waals surface area contributed by atoms with E-state index in [1.165, 1.54) is 11.8 Å². The van der Waals surface area contributed by atoms with E-state index in [1.807, 2.05) is 26.0 Å². The van der Waals surface area contributed by atoms with Crippen molar-refractivity contribution >= 4 is 28.8 Å². The number of fused-ring (bicyclic) bond motifs is 2. The van der Waals surface area contributed by atoms with Crippen LogP contribution in [0.15, 0.2) is 21.7 Å². The minimum Gasteiger partial charge on any atom is -0.327 e. The van der Waals surface area contributed by atoms with Gasteiger partial charge in [0.2, 0.25) is 5.91 Å². The first-order valence-corrected chi connectivity index (χ1v) is 6.83. The van der Waals surface area contributed by atoms with Crippen LogP contribution in [-0.4, -0.2) is 22.9 Å². The molecule has 0 atom stereocenters. The highest BCUT2D eigenvalue weighted by molar-refractivity contribution is 6.08. The van der Waals surface area contributed by atoms with Crippen molar-refractivity contribution in [2.45, 2.75) is 20.8 Å². The number of nitrogens with one attached hydrogen (secondary N) is 2. The molecule has 0 aliphatic carbocycles. The number of aromatic amines is 2. The van der Waals surface area contributed by atoms with E-state index in [0.29, 0.717) is 11.5 Å². The number of rotatable bonds is 0. The first-order valence-electron chi connectivity index (χ1n) is 6.83. The van der Waals surface area contributed by atoms with Gasteiger partial charge in [0, 0.05) is 14.0 Å². The van der Waals surface area contributed by atoms with Gasteiger partial charge in [0.15, 0.2) is 5.69 Å². The van der Waals surface area contributed by atoms with Crippen LogP contribution in [0.3, 0.4) is 0 Å². The standard InChI is InChI=1S/C15H16N4O3/c1-7-5-10-11(6-8(7)2)19(9(3)20)12-13(18(10)4)16-15(22)17-14(12)21/h5-6H,1-4H3,(H2,16,17,21,22). The van der Waals surface area contributed by atoms with Crippen molar-refractivity contribution in [1.29, 1.82) is 0 Å². The molecular formula is C15H16N4O3. The van der Waals surface area contributed by atoms with Crippen LogP contribution >= 0.6 is 0 Å². The highest BCUT2D eigenvalue weighted by Crippen LogP contribution is 2.44. The second-order valence-corrected chi connectivity index (χ2v) is 5.44. The smallest absolute Gasteiger partial charge is 0.327 e. The second kappa shape index (κ2) is 4.59. The summed E-state index contributed by atoms with van der Waals surface area (Å²) in [5.74, 6) is 0.0103. The number of carbonyl (C=O) groups is 1. The van der Waals surface area contributed by atoms with Gasteiger partial charge in [0.25, 0.3) is 5.56 Å². The zero-order valence-corrected chi connectivity index (χ0v) is 12.8. The summed E-state index contributed by atoms with van der Waals surface area (Å²) in [5, 5.41) is 0. The molecule has 2 N–H and O–H groups in total. The summed E-state index contributed by atoms with van der Waals surface area (Å²) in [4.78, 5) is 43.7. The lowest BCUT2D eigenvalue weighted by molar-refractivity contribution is -0.115. The lowest BCUT2D eigenvalue weighted by Gasteiger charge is -2.35. The summed E-state index contributed by atoms with van der Waals surface area (Å²) in [6.45, 7) is 5.30. The third-order valence-electron chi connectivity index (χ3n) is 3.97. The van der Waals surface area contributed by atoms with Crippen molar-refractivity contribution in [3.63, 3.8) is 0 Å². The highest BCUT2D eigenvalue weighted by atomic mass is 16.2. The Bertz CT molecular complexity index is 910. The van der Waals surface area contributed by atoms with Gasteiger partial charge in [-0.2, -0.15) is 0 Å². The molecule has 1 aliphatic heterocycles. The van der Waals surface area contributed by atoms with Crippen molar-refractivity contribution in [1.82, 2.24) is 9.97 Å². The molecule has 0 spiro atoms. The third kappa shape index (κ3) is 1.86. The molecule has 0 saturated heterocycles. The molecule has 1 aromatic heterocycles. The van der Waals surface area contributed by atoms with Crippen LogP contribution in [0.2, 0.25) is 0 Å². The molecule has 7 nitrogen and oxygen atoms in total. The molecule has 7 heteroatoms. The first kappa shape index (κ1) is 14.1. The average Bonchev–Trinajstić information content (AvgIpc) is 2.42. The highest BCUT2D eigenvalue weighted by Gasteiger charge is 2.32. The number of amides is 1. The number of carbonyl (C=O) groups excluding carboxylic acids is 1. The number of hydrogen-bond acceptors (Lipinski definition) is 4. The average molecular weight is 300 g/mol. The Hall–Kier alpha value is -2.83. The summed E-state index contributed by atoms with van der Waals surface area (Å²) in [7, 11) is 1.75. The minimum absolute atomic E-state index is 0.130. The van der Waals surface area contributed by atoms with E-state index in [-0.39, 0.29) is 11.6 Å². The third-order valence-corrected chi connectivity index (χ3v) is 3.97. The van der Waals surface area contributed by atoms with Crippen LogP contribution in [0.5, 0.6) is 0 Å². The molecule has 2 heterocycles. The van der Waals surface area contributed by atoms with Crippen molar-refractivity contribution in [2.24, 2.45) is 0 Å². The fourth-order valence-electron chi connectivity index (χ4n) is 2.72. The Morgan fingerprint density at radius 3 is 2.23 bits per heavy atom. The van der Waals surface area contributed by atoms with Gasteiger partial charge in [0.05, 0.1) is 11.4 Å². The fourth-order valence-corrected chi connectivity index (χ4v) is 2.72. The van der Waals surface area contributed by atoms with Gasteiger partial charge in [-0.3, -0.25) is 24.5 Å². The predicted octanol–water partition coefficient (Wildman–Crippen LogP) is 1.45. The monoisotopic (exact) mass is 300 g/mol. The van der Waals surface area contributed by atoms with Crippen molar-refractivity contribution in [3.05, 3.63) is 44.1 Å². The summed E-state index contributed by atoms with van der Waals surface area (Å²) >= 11 is 0. The molecule has 0 fully saturated rings. The molecule has 1 amide bonds. The van der Waals surface area contributed by atoms with Crippen molar-refractivity contribution in [2.75, 3.05) is 16.8 Å². The summed E-state index contributed by atoms with van der Waals surface area (Å²) in [6.07, 6.45) is 0. The maximum Gasteiger partial charge on any atom is 0.327 e. The number of aryl methyl sites for hydroxylation is 2. The van der Waals surface area contributed by atoms with Crippen LogP contribution in [0.1, 0.15) is 18.1 Å². The van der Waals surface area contributed by atoms with Crippen LogP contribution in [0, 0.1) is 13.8 Å². The number of aromatic nitrogens is 2. The van der Waals surface area contributed by atoms with E-state index in [0.717, 1.165) is 16.8 Å². The van der Waals surface area contributed by atoms with Crippen molar-refractivity contribution < 1.29 is 4.79 Å². The largest absolute Gasteiger partial charge is 0.327 e. The SMILES string of the molecule is CC(=O)N1c2cc(C)c(C)cc2N(C)c2[nH]c(=O)[nH]c(=O)c21. The van der Waals surface area contributed by atoms with E-state index in [4.69, 9.17) is 0 Å². The van der Waals surface area contributed by atoms with Gasteiger partial charge in [-0.05, 0) is 37.1 Å². The molecule has 1 aromatic carbocycles. The topological polar surface area (TPSA) is 89.3 Å². The molecule has 1 aliphatic rings. The Morgan fingerprint density at radius 2 is 1.64 bits per heavy atom. The maximum atomic E-state index is 12.2. The molecular weight excluding hydrogens is 284 g/mol. The second-order valence-electron chi connectivity index (χ2n) is 5.44. The minimum atomic E-state index is -0.605. The van der Waals surface area contributed by atoms with Crippen molar-refractivity contribution in [3.8, 4) is 0 Å². The van der Waals surface area contributed by atoms with Gasteiger partial charge in [-0.25, -0.2) is 4.79 Å². The lowest BCUT2D eigenvalue weighted by atomic mass is 10.0. The molecule has 2 aromatic rings. The molecule has 114 valence electrons. The number of nitrogens with zero attached hydrogens (tertiary/aromatic N) is 2. The van der Waals surface area contributed by atoms with Gasteiger partial charge in [-0.15, -0.1) is 0 Å². The van der Waals surface area contributed by atoms with Gasteiger partial charge in [-0.1, -0.05) is 0 Å². The lowest BCUT2D eigenvalue weighted by Crippen LogP contribution is -2.39. The molecule has 0 saturated carbocycles. The first-order chi connectivity index (χ1) is 10.3. The van der Waals surface area contributed by atoms with E-state index in [1.54, 1.807) is 11.9 Å². The zero-order valence-electron chi connectivity index (χ0n) is 12.8. The quantitative estimate of drug-likeness (QED) is 0.770. The van der Waals surface area contributed by atoms with E-state index in [9.17, 15) is 14.4 Å². The van der Waals surface area contributed by atoms with Gasteiger partial charge < -0.3 is 4.90 Å². The number of hydrogen-bond donors (Lipinski definition) is 2. The molecule has 0 radical (unpaired) electrons. The maximum absolute atomic E-state index is 12.2. The van der Waals surface area contributed by atoms with Crippen LogP contribution in [0.25, 0.3) is 0 Å². The molecule has 22 heavy (non-hydrogen) atoms. The van der Waals surface area contributed by atoms with E-state index < -0.39 is 11.2 Å². The van der Waals surface area contributed by atoms with Gasteiger partial charge >= 0.3 is 5.69 Å². The van der Waals surface area contributed by atoms with Crippen LogP contribution < -0.4 is 21.0 Å². The summed E-state index contributed by atoms with van der Waals surface area (Å²) in [5.41, 5.74) is 2.39. The number of benzene rings is 1. The fraction of sp³-hybridized carbons (Fsp3) is 0.267. The molecule has 3 rings (SSSR count). The van der Waals surface area contributed by atoms with Gasteiger partial charge in [0.1, 0.15) is 5.82 Å². The Kier molecular flexibility index (Phi) is 2.94. The molecule has 0 unspecified atom stereocenters. The summed E-state index contributed by atoms with van der Waals surface area (Å²) in [6, 6.07) is 3.80. The van der Waals surface area contributed by atoms with Crippen LogP contribution in [-0.2, 0) is 4.79 Å². The predicted molar refractivity (Wildman–Crippen MR) is 84.5 cm³/mol. The number of H-pyrrole nitrogens is 2. The zero-order chi connectivity index (χ0) is 16.2. The number of anilines is 4. The normalized spacial score (nSPS) is 12.9. The Labute approximate surface area is 126 Å². The van der Waals surface area contributed by atoms with E-state index in [2.05, 4.69) is 9.97 Å². The summed E-state index contributed by atoms with van der Waals surface area (Å²) < 4.78 is 0.